The molecular formula is C28H39FN6O2S. The van der Waals surface area contributed by atoms with Gasteiger partial charge in [0.05, 0.1) is 23.5 Å². The predicted octanol–water partition coefficient (Wildman–Crippen LogP) is 4.35. The number of thioether (sulfide) groups is 1. The van der Waals surface area contributed by atoms with Crippen molar-refractivity contribution >= 4 is 34.4 Å². The van der Waals surface area contributed by atoms with Gasteiger partial charge < -0.3 is 19.1 Å². The molecule has 206 valence electrons. The summed E-state index contributed by atoms with van der Waals surface area (Å²) < 4.78 is 23.1. The Labute approximate surface area is 229 Å². The number of halogens is 1. The number of carbonyl (C=O) groups excluding carboxylic acids is 1. The highest BCUT2D eigenvalue weighted by molar-refractivity contribution is 7.99. The zero-order valence-corrected chi connectivity index (χ0v) is 23.9. The molecule has 1 aliphatic heterocycles. The lowest BCUT2D eigenvalue weighted by Gasteiger charge is -2.32. The number of piperidine rings is 1. The van der Waals surface area contributed by atoms with Crippen LogP contribution in [0, 0.1) is 5.82 Å². The third kappa shape index (κ3) is 6.40. The van der Waals surface area contributed by atoms with Gasteiger partial charge in [0.25, 0.3) is 5.91 Å². The van der Waals surface area contributed by atoms with E-state index in [9.17, 15) is 4.79 Å². The average Bonchev–Trinajstić information content (AvgIpc) is 3.29. The number of pyridine rings is 2. The number of hydrogen-bond acceptors (Lipinski definition) is 7. The minimum atomic E-state index is -0.251. The smallest absolute Gasteiger partial charge is 0.255 e. The van der Waals surface area contributed by atoms with E-state index in [4.69, 9.17) is 4.74 Å². The van der Waals surface area contributed by atoms with E-state index < -0.39 is 0 Å². The fourth-order valence-corrected chi connectivity index (χ4v) is 5.69. The number of aryl methyl sites for hydroxylation is 1. The fourth-order valence-electron chi connectivity index (χ4n) is 5.08. The van der Waals surface area contributed by atoms with Gasteiger partial charge in [-0.1, -0.05) is 6.92 Å². The fraction of sp³-hybridized carbons (Fsp3) is 0.536. The number of nitrogens with zero attached hydrogens (tertiary/aromatic N) is 6. The van der Waals surface area contributed by atoms with Crippen molar-refractivity contribution in [1.29, 1.82) is 0 Å². The predicted molar refractivity (Wildman–Crippen MR) is 153 cm³/mol. The van der Waals surface area contributed by atoms with Gasteiger partial charge in [-0.05, 0) is 49.2 Å². The lowest BCUT2D eigenvalue weighted by molar-refractivity contribution is 0.0826. The first-order valence-electron chi connectivity index (χ1n) is 13.2. The van der Waals surface area contributed by atoms with Gasteiger partial charge in [0.15, 0.2) is 5.82 Å². The highest BCUT2D eigenvalue weighted by Gasteiger charge is 2.27. The van der Waals surface area contributed by atoms with Crippen LogP contribution in [0.2, 0.25) is 0 Å². The second-order valence-electron chi connectivity index (χ2n) is 10.1. The van der Waals surface area contributed by atoms with Crippen LogP contribution < -0.4 is 9.64 Å². The molecule has 0 radical (unpaired) electrons. The maximum atomic E-state index is 15.1. The first-order chi connectivity index (χ1) is 18.3. The van der Waals surface area contributed by atoms with E-state index in [2.05, 4.69) is 32.6 Å². The molecule has 0 aliphatic carbocycles. The Hall–Kier alpha value is -2.85. The zero-order chi connectivity index (χ0) is 27.2. The van der Waals surface area contributed by atoms with Crippen LogP contribution in [-0.2, 0) is 6.54 Å². The second kappa shape index (κ2) is 12.8. The number of aromatic nitrogens is 3. The van der Waals surface area contributed by atoms with Gasteiger partial charge in [-0.25, -0.2) is 9.37 Å². The maximum absolute atomic E-state index is 15.1. The zero-order valence-electron chi connectivity index (χ0n) is 23.1. The Morgan fingerprint density at radius 2 is 1.92 bits per heavy atom. The summed E-state index contributed by atoms with van der Waals surface area (Å²) in [5, 5.41) is 0.956. The van der Waals surface area contributed by atoms with Crippen LogP contribution >= 0.6 is 11.8 Å². The molecule has 1 aliphatic rings. The monoisotopic (exact) mass is 542 g/mol. The van der Waals surface area contributed by atoms with Crippen LogP contribution in [0.15, 0.2) is 30.9 Å². The second-order valence-corrected chi connectivity index (χ2v) is 11.5. The Balaban J connectivity index is 1.41. The van der Waals surface area contributed by atoms with E-state index in [0.29, 0.717) is 29.4 Å². The standard InChI is InChI=1S/C28H39FN6O2S/c1-6-38-14-12-35-19-23(25-26(35)24(29)18-31-27(25)32(2)3)20-7-9-34(10-8-20)11-13-37-22-15-21(16-30-17-22)28(36)33(4)5/h15-20H,6-14H2,1-5H3. The van der Waals surface area contributed by atoms with Crippen LogP contribution in [-0.4, -0.2) is 96.2 Å². The topological polar surface area (TPSA) is 66.7 Å². The number of fused-ring (bicyclic) bond motifs is 1. The van der Waals surface area contributed by atoms with E-state index in [1.807, 2.05) is 30.8 Å². The summed E-state index contributed by atoms with van der Waals surface area (Å²) in [5.74, 6) is 3.46. The number of anilines is 1. The van der Waals surface area contributed by atoms with Crippen LogP contribution in [0.1, 0.15) is 41.6 Å². The molecule has 8 nitrogen and oxygen atoms in total. The molecule has 1 amide bonds. The van der Waals surface area contributed by atoms with Crippen molar-refractivity contribution in [3.8, 4) is 5.75 Å². The number of rotatable bonds is 11. The van der Waals surface area contributed by atoms with Crippen molar-refractivity contribution < 1.29 is 13.9 Å². The molecule has 0 bridgehead atoms. The highest BCUT2D eigenvalue weighted by Crippen LogP contribution is 2.39. The van der Waals surface area contributed by atoms with Crippen LogP contribution in [0.25, 0.3) is 10.9 Å². The number of hydrogen-bond donors (Lipinski definition) is 0. The maximum Gasteiger partial charge on any atom is 0.255 e. The molecule has 4 heterocycles. The molecule has 38 heavy (non-hydrogen) atoms. The quantitative estimate of drug-likeness (QED) is 0.334. The molecule has 3 aromatic rings. The molecule has 0 aromatic carbocycles. The van der Waals surface area contributed by atoms with Crippen LogP contribution in [0.3, 0.4) is 0 Å². The molecule has 1 saturated heterocycles. The molecular weight excluding hydrogens is 503 g/mol. The van der Waals surface area contributed by atoms with E-state index in [1.54, 1.807) is 32.6 Å². The van der Waals surface area contributed by atoms with E-state index in [1.165, 1.54) is 16.7 Å². The first-order valence-corrected chi connectivity index (χ1v) is 14.4. The molecule has 0 spiro atoms. The molecule has 4 rings (SSSR count). The molecule has 1 fully saturated rings. The Morgan fingerprint density at radius 1 is 1.16 bits per heavy atom. The van der Waals surface area contributed by atoms with Gasteiger partial charge >= 0.3 is 0 Å². The molecule has 3 aromatic heterocycles. The minimum absolute atomic E-state index is 0.0944. The minimum Gasteiger partial charge on any atom is -0.491 e. The van der Waals surface area contributed by atoms with E-state index in [0.717, 1.165) is 61.7 Å². The van der Waals surface area contributed by atoms with Gasteiger partial charge in [0.1, 0.15) is 18.2 Å². The Kier molecular flexibility index (Phi) is 9.49. The van der Waals surface area contributed by atoms with E-state index in [-0.39, 0.29) is 11.7 Å². The lowest BCUT2D eigenvalue weighted by atomic mass is 9.89. The third-order valence-corrected chi connectivity index (χ3v) is 7.91. The Bertz CT molecular complexity index is 1240. The van der Waals surface area contributed by atoms with Crippen LogP contribution in [0.5, 0.6) is 5.75 Å². The summed E-state index contributed by atoms with van der Waals surface area (Å²) in [6.45, 7) is 6.16. The summed E-state index contributed by atoms with van der Waals surface area (Å²) in [5.41, 5.74) is 2.40. The van der Waals surface area contributed by atoms with Crippen molar-refractivity contribution in [3.05, 3.63) is 47.8 Å². The summed E-state index contributed by atoms with van der Waals surface area (Å²) in [4.78, 5) is 26.7. The van der Waals surface area contributed by atoms with Gasteiger partial charge in [-0.2, -0.15) is 11.8 Å². The average molecular weight is 543 g/mol. The van der Waals surface area contributed by atoms with Gasteiger partial charge in [-0.3, -0.25) is 14.7 Å². The first kappa shape index (κ1) is 28.2. The number of carbonyl (C=O) groups is 1. The van der Waals surface area contributed by atoms with Crippen molar-refractivity contribution in [1.82, 2.24) is 24.3 Å². The van der Waals surface area contributed by atoms with Gasteiger partial charge in [0.2, 0.25) is 0 Å². The van der Waals surface area contributed by atoms with Gasteiger partial charge in [0, 0.05) is 64.8 Å². The molecule has 0 saturated carbocycles. The molecule has 0 unspecified atom stereocenters. The number of ether oxygens (including phenoxy) is 1. The largest absolute Gasteiger partial charge is 0.491 e. The number of likely N-dealkylation sites (tertiary alicyclic amines) is 1. The molecule has 0 N–H and O–H groups in total. The molecule has 0 atom stereocenters. The van der Waals surface area contributed by atoms with Crippen LogP contribution in [0.4, 0.5) is 10.2 Å². The summed E-state index contributed by atoms with van der Waals surface area (Å²) >= 11 is 1.87. The molecule has 10 heteroatoms. The van der Waals surface area contributed by atoms with Crippen molar-refractivity contribution in [2.75, 3.05) is 70.8 Å². The summed E-state index contributed by atoms with van der Waals surface area (Å²) in [6.07, 6.45) is 8.74. The van der Waals surface area contributed by atoms with Crippen molar-refractivity contribution in [2.24, 2.45) is 0 Å². The normalized spacial score (nSPS) is 14.7. The third-order valence-electron chi connectivity index (χ3n) is 7.03. The van der Waals surface area contributed by atoms with Gasteiger partial charge in [-0.15, -0.1) is 0 Å². The van der Waals surface area contributed by atoms with Crippen molar-refractivity contribution in [2.45, 2.75) is 32.2 Å². The SMILES string of the molecule is CCSCCn1cc(C2CCN(CCOc3cncc(C(=O)N(C)C)c3)CC2)c2c(N(C)C)ncc(F)c21. The highest BCUT2D eigenvalue weighted by atomic mass is 32.2. The number of amides is 1. The Morgan fingerprint density at radius 3 is 2.61 bits per heavy atom. The summed E-state index contributed by atoms with van der Waals surface area (Å²) in [6, 6.07) is 1.74. The van der Waals surface area contributed by atoms with E-state index >= 15 is 4.39 Å². The van der Waals surface area contributed by atoms with Crippen molar-refractivity contribution in [3.63, 3.8) is 0 Å². The summed E-state index contributed by atoms with van der Waals surface area (Å²) in [7, 11) is 7.38. The lowest BCUT2D eigenvalue weighted by Crippen LogP contribution is -2.35.